The fraction of sp³-hybridized carbons (Fsp3) is 0.438. The Morgan fingerprint density at radius 2 is 2.16 bits per heavy atom. The van der Waals surface area contributed by atoms with Gasteiger partial charge in [-0.1, -0.05) is 30.3 Å². The van der Waals surface area contributed by atoms with Crippen LogP contribution in [0, 0.1) is 5.92 Å². The summed E-state index contributed by atoms with van der Waals surface area (Å²) in [6.45, 7) is 2.22. The third-order valence-corrected chi connectivity index (χ3v) is 4.10. The van der Waals surface area contributed by atoms with E-state index in [-0.39, 0.29) is 0 Å². The van der Waals surface area contributed by atoms with Gasteiger partial charge < -0.3 is 5.32 Å². The largest absolute Gasteiger partial charge is 0.316 e. The normalized spacial score (nSPS) is 23.4. The SMILES string of the molecule is Cn1cc(C2CCNCC2Cc2ccccc2)cn1. The zero-order valence-electron chi connectivity index (χ0n) is 11.4. The van der Waals surface area contributed by atoms with E-state index < -0.39 is 0 Å². The maximum atomic E-state index is 4.33. The first-order valence-electron chi connectivity index (χ1n) is 7.06. The number of hydrogen-bond donors (Lipinski definition) is 1. The van der Waals surface area contributed by atoms with Crippen molar-refractivity contribution in [2.24, 2.45) is 13.0 Å². The fourth-order valence-corrected chi connectivity index (χ4v) is 3.12. The minimum atomic E-state index is 0.634. The first kappa shape index (κ1) is 12.4. The first-order chi connectivity index (χ1) is 9.33. The summed E-state index contributed by atoms with van der Waals surface area (Å²) in [7, 11) is 2.00. The molecule has 0 radical (unpaired) electrons. The summed E-state index contributed by atoms with van der Waals surface area (Å²) < 4.78 is 1.91. The highest BCUT2D eigenvalue weighted by molar-refractivity contribution is 5.19. The van der Waals surface area contributed by atoms with E-state index in [2.05, 4.69) is 46.9 Å². The van der Waals surface area contributed by atoms with Gasteiger partial charge in [0.25, 0.3) is 0 Å². The number of nitrogens with zero attached hydrogens (tertiary/aromatic N) is 2. The van der Waals surface area contributed by atoms with Crippen molar-refractivity contribution >= 4 is 0 Å². The summed E-state index contributed by atoms with van der Waals surface area (Å²) in [5.74, 6) is 1.30. The van der Waals surface area contributed by atoms with Crippen LogP contribution >= 0.6 is 0 Å². The van der Waals surface area contributed by atoms with Gasteiger partial charge in [-0.25, -0.2) is 0 Å². The van der Waals surface area contributed by atoms with Crippen molar-refractivity contribution in [2.75, 3.05) is 13.1 Å². The van der Waals surface area contributed by atoms with E-state index in [0.717, 1.165) is 19.5 Å². The quantitative estimate of drug-likeness (QED) is 0.912. The third-order valence-electron chi connectivity index (χ3n) is 4.10. The van der Waals surface area contributed by atoms with Crippen LogP contribution in [0.1, 0.15) is 23.5 Å². The average Bonchev–Trinajstić information content (AvgIpc) is 2.87. The zero-order valence-corrected chi connectivity index (χ0v) is 11.4. The molecule has 1 fully saturated rings. The molecule has 2 atom stereocenters. The number of aromatic nitrogens is 2. The van der Waals surface area contributed by atoms with Gasteiger partial charge in [0, 0.05) is 13.2 Å². The van der Waals surface area contributed by atoms with Crippen LogP contribution in [0.25, 0.3) is 0 Å². The summed E-state index contributed by atoms with van der Waals surface area (Å²) >= 11 is 0. The highest BCUT2D eigenvalue weighted by Gasteiger charge is 2.27. The highest BCUT2D eigenvalue weighted by atomic mass is 15.2. The molecule has 1 aromatic heterocycles. The zero-order chi connectivity index (χ0) is 13.1. The summed E-state index contributed by atoms with van der Waals surface area (Å²) in [4.78, 5) is 0. The van der Waals surface area contributed by atoms with E-state index in [0.29, 0.717) is 11.8 Å². The predicted octanol–water partition coefficient (Wildman–Crippen LogP) is 2.36. The molecule has 2 heterocycles. The van der Waals surface area contributed by atoms with Crippen molar-refractivity contribution in [1.82, 2.24) is 15.1 Å². The molecular formula is C16H21N3. The highest BCUT2D eigenvalue weighted by Crippen LogP contribution is 2.32. The molecule has 0 spiro atoms. The van der Waals surface area contributed by atoms with E-state index in [1.54, 1.807) is 0 Å². The Labute approximate surface area is 114 Å². The molecule has 2 aromatic rings. The molecule has 1 aliphatic heterocycles. The molecule has 2 unspecified atom stereocenters. The summed E-state index contributed by atoms with van der Waals surface area (Å²) in [5.41, 5.74) is 2.83. The molecule has 1 N–H and O–H groups in total. The third kappa shape index (κ3) is 2.87. The lowest BCUT2D eigenvalue weighted by Gasteiger charge is -2.31. The van der Waals surface area contributed by atoms with E-state index in [9.17, 15) is 0 Å². The number of piperidine rings is 1. The maximum Gasteiger partial charge on any atom is 0.0524 e. The van der Waals surface area contributed by atoms with Gasteiger partial charge in [0.05, 0.1) is 6.20 Å². The van der Waals surface area contributed by atoms with Crippen molar-refractivity contribution in [1.29, 1.82) is 0 Å². The number of benzene rings is 1. The molecule has 0 saturated carbocycles. The fourth-order valence-electron chi connectivity index (χ4n) is 3.12. The van der Waals surface area contributed by atoms with E-state index in [1.807, 2.05) is 17.9 Å². The summed E-state index contributed by atoms with van der Waals surface area (Å²) in [6, 6.07) is 10.8. The maximum absolute atomic E-state index is 4.33. The van der Waals surface area contributed by atoms with Crippen LogP contribution < -0.4 is 5.32 Å². The van der Waals surface area contributed by atoms with Crippen molar-refractivity contribution in [3.05, 3.63) is 53.9 Å². The first-order valence-corrected chi connectivity index (χ1v) is 7.06. The van der Waals surface area contributed by atoms with Gasteiger partial charge in [-0.05, 0) is 48.9 Å². The van der Waals surface area contributed by atoms with Crippen LogP contribution in [0.3, 0.4) is 0 Å². The van der Waals surface area contributed by atoms with Crippen LogP contribution in [0.2, 0.25) is 0 Å². The van der Waals surface area contributed by atoms with Crippen LogP contribution in [0.5, 0.6) is 0 Å². The molecule has 100 valence electrons. The lowest BCUT2D eigenvalue weighted by atomic mass is 9.79. The van der Waals surface area contributed by atoms with Gasteiger partial charge in [0.2, 0.25) is 0 Å². The molecule has 1 saturated heterocycles. The van der Waals surface area contributed by atoms with Crippen LogP contribution in [-0.2, 0) is 13.5 Å². The Hall–Kier alpha value is -1.61. The topological polar surface area (TPSA) is 29.9 Å². The average molecular weight is 255 g/mol. The lowest BCUT2D eigenvalue weighted by Crippen LogP contribution is -2.36. The van der Waals surface area contributed by atoms with Gasteiger partial charge >= 0.3 is 0 Å². The molecule has 19 heavy (non-hydrogen) atoms. The van der Waals surface area contributed by atoms with Crippen molar-refractivity contribution in [3.8, 4) is 0 Å². The van der Waals surface area contributed by atoms with E-state index in [4.69, 9.17) is 0 Å². The van der Waals surface area contributed by atoms with Gasteiger partial charge in [-0.15, -0.1) is 0 Å². The number of nitrogens with one attached hydrogen (secondary N) is 1. The molecule has 0 bridgehead atoms. The van der Waals surface area contributed by atoms with Gasteiger partial charge in [-0.2, -0.15) is 5.10 Å². The molecule has 0 amide bonds. The lowest BCUT2D eigenvalue weighted by molar-refractivity contribution is 0.324. The van der Waals surface area contributed by atoms with Gasteiger partial charge in [-0.3, -0.25) is 4.68 Å². The number of aryl methyl sites for hydroxylation is 1. The summed E-state index contributed by atoms with van der Waals surface area (Å²) in [5, 5.41) is 7.86. The van der Waals surface area contributed by atoms with Crippen molar-refractivity contribution in [2.45, 2.75) is 18.8 Å². The van der Waals surface area contributed by atoms with Crippen LogP contribution in [0.4, 0.5) is 0 Å². The summed E-state index contributed by atoms with van der Waals surface area (Å²) in [6.07, 6.45) is 6.57. The Balaban J connectivity index is 1.77. The second-order valence-electron chi connectivity index (χ2n) is 5.50. The molecule has 1 aliphatic rings. The predicted molar refractivity (Wildman–Crippen MR) is 77.1 cm³/mol. The van der Waals surface area contributed by atoms with E-state index in [1.165, 1.54) is 17.5 Å². The molecule has 3 nitrogen and oxygen atoms in total. The van der Waals surface area contributed by atoms with Gasteiger partial charge in [0.15, 0.2) is 0 Å². The minimum absolute atomic E-state index is 0.634. The molecular weight excluding hydrogens is 234 g/mol. The second-order valence-corrected chi connectivity index (χ2v) is 5.50. The smallest absolute Gasteiger partial charge is 0.0524 e. The molecule has 1 aromatic carbocycles. The second kappa shape index (κ2) is 5.57. The monoisotopic (exact) mass is 255 g/mol. The van der Waals surface area contributed by atoms with E-state index >= 15 is 0 Å². The Morgan fingerprint density at radius 3 is 2.89 bits per heavy atom. The van der Waals surface area contributed by atoms with Crippen molar-refractivity contribution in [3.63, 3.8) is 0 Å². The Bertz CT molecular complexity index is 518. The Kier molecular flexibility index (Phi) is 3.65. The number of rotatable bonds is 3. The minimum Gasteiger partial charge on any atom is -0.316 e. The molecule has 3 heteroatoms. The molecule has 0 aliphatic carbocycles. The standard InChI is InChI=1S/C16H21N3/c1-19-12-15(11-18-19)16-7-8-17-10-14(16)9-13-5-3-2-4-6-13/h2-6,11-12,14,16-17H,7-10H2,1H3. The van der Waals surface area contributed by atoms with Crippen LogP contribution in [-0.4, -0.2) is 22.9 Å². The Morgan fingerprint density at radius 1 is 1.32 bits per heavy atom. The van der Waals surface area contributed by atoms with Crippen molar-refractivity contribution < 1.29 is 0 Å². The van der Waals surface area contributed by atoms with Gasteiger partial charge in [0.1, 0.15) is 0 Å². The molecule has 3 rings (SSSR count). The van der Waals surface area contributed by atoms with Crippen LogP contribution in [0.15, 0.2) is 42.7 Å². The number of hydrogen-bond acceptors (Lipinski definition) is 2.